The number of thiophene rings is 1. The summed E-state index contributed by atoms with van der Waals surface area (Å²) in [4.78, 5) is 22.2. The van der Waals surface area contributed by atoms with Gasteiger partial charge < -0.3 is 10.4 Å². The molecule has 0 spiro atoms. The van der Waals surface area contributed by atoms with Crippen LogP contribution in [0.3, 0.4) is 0 Å². The highest BCUT2D eigenvalue weighted by molar-refractivity contribution is 8.00. The van der Waals surface area contributed by atoms with Crippen LogP contribution >= 0.6 is 23.1 Å². The standard InChI is InChI=1S/C23H21N3O2S2/c1-13-4-7-19(27)18(8-13)26-20(28)11-30-23-21-17(10-29-22(21)24-12-25-23)16-6-5-14(2)15(3)9-16/h4-10,12,27H,11H2,1-3H3,(H,26,28). The zero-order chi connectivity index (χ0) is 21.3. The van der Waals surface area contributed by atoms with Crippen LogP contribution in [0.4, 0.5) is 5.69 Å². The first-order valence-electron chi connectivity index (χ1n) is 9.44. The van der Waals surface area contributed by atoms with E-state index in [9.17, 15) is 9.90 Å². The maximum atomic E-state index is 12.5. The molecule has 4 rings (SSSR count). The second-order valence-corrected chi connectivity index (χ2v) is 8.99. The Morgan fingerprint density at radius 3 is 2.73 bits per heavy atom. The molecule has 2 N–H and O–H groups in total. The third kappa shape index (κ3) is 4.17. The highest BCUT2D eigenvalue weighted by Gasteiger charge is 2.16. The molecule has 2 aromatic heterocycles. The van der Waals surface area contributed by atoms with Crippen LogP contribution in [0.2, 0.25) is 0 Å². The Balaban J connectivity index is 1.58. The molecular formula is C23H21N3O2S2. The van der Waals surface area contributed by atoms with E-state index in [0.717, 1.165) is 31.9 Å². The predicted octanol–water partition coefficient (Wildman–Crippen LogP) is 5.72. The van der Waals surface area contributed by atoms with Gasteiger partial charge >= 0.3 is 0 Å². The maximum Gasteiger partial charge on any atom is 0.234 e. The maximum absolute atomic E-state index is 12.5. The number of hydrogen-bond donors (Lipinski definition) is 2. The molecule has 7 heteroatoms. The van der Waals surface area contributed by atoms with Crippen molar-refractivity contribution in [1.29, 1.82) is 0 Å². The molecular weight excluding hydrogens is 414 g/mol. The molecule has 2 heterocycles. The van der Waals surface area contributed by atoms with Crippen molar-refractivity contribution >= 4 is 44.9 Å². The topological polar surface area (TPSA) is 75.1 Å². The van der Waals surface area contributed by atoms with Crippen LogP contribution in [0.25, 0.3) is 21.3 Å². The Morgan fingerprint density at radius 2 is 1.93 bits per heavy atom. The van der Waals surface area contributed by atoms with Crippen molar-refractivity contribution in [3.63, 3.8) is 0 Å². The molecule has 2 aromatic carbocycles. The minimum absolute atomic E-state index is 0.0539. The van der Waals surface area contributed by atoms with Crippen molar-refractivity contribution in [2.24, 2.45) is 0 Å². The number of aryl methyl sites for hydroxylation is 3. The summed E-state index contributed by atoms with van der Waals surface area (Å²) in [5.41, 5.74) is 6.06. The summed E-state index contributed by atoms with van der Waals surface area (Å²) in [5.74, 6) is 0.0377. The van der Waals surface area contributed by atoms with Crippen LogP contribution in [-0.2, 0) is 4.79 Å². The van der Waals surface area contributed by atoms with Crippen LogP contribution in [0.1, 0.15) is 16.7 Å². The smallest absolute Gasteiger partial charge is 0.234 e. The van der Waals surface area contributed by atoms with E-state index in [1.54, 1.807) is 29.5 Å². The van der Waals surface area contributed by atoms with Crippen molar-refractivity contribution in [2.45, 2.75) is 25.8 Å². The number of carbonyl (C=O) groups excluding carboxylic acids is 1. The Kier molecular flexibility index (Phi) is 5.74. The number of carbonyl (C=O) groups is 1. The first-order chi connectivity index (χ1) is 14.4. The number of benzene rings is 2. The number of rotatable bonds is 5. The average molecular weight is 436 g/mol. The van der Waals surface area contributed by atoms with E-state index in [4.69, 9.17) is 0 Å². The number of phenolic OH excluding ortho intramolecular Hbond substituents is 1. The second kappa shape index (κ2) is 8.45. The molecule has 0 aliphatic rings. The van der Waals surface area contributed by atoms with Crippen LogP contribution in [0.15, 0.2) is 53.1 Å². The van der Waals surface area contributed by atoms with Crippen LogP contribution in [0.5, 0.6) is 5.75 Å². The summed E-state index contributed by atoms with van der Waals surface area (Å²) in [7, 11) is 0. The minimum atomic E-state index is -0.198. The third-order valence-electron chi connectivity index (χ3n) is 4.92. The number of aromatic hydroxyl groups is 1. The monoisotopic (exact) mass is 435 g/mol. The van der Waals surface area contributed by atoms with Gasteiger partial charge in [0.2, 0.25) is 5.91 Å². The lowest BCUT2D eigenvalue weighted by Crippen LogP contribution is -2.14. The summed E-state index contributed by atoms with van der Waals surface area (Å²) < 4.78 is 0. The quantitative estimate of drug-likeness (QED) is 0.238. The first-order valence-corrected chi connectivity index (χ1v) is 11.3. The normalized spacial score (nSPS) is 11.0. The van der Waals surface area contributed by atoms with Gasteiger partial charge in [0.15, 0.2) is 0 Å². The van der Waals surface area contributed by atoms with E-state index in [1.165, 1.54) is 29.2 Å². The number of fused-ring (bicyclic) bond motifs is 1. The highest BCUT2D eigenvalue weighted by Crippen LogP contribution is 2.38. The van der Waals surface area contributed by atoms with Crippen molar-refractivity contribution in [1.82, 2.24) is 9.97 Å². The van der Waals surface area contributed by atoms with Crippen LogP contribution < -0.4 is 5.32 Å². The number of anilines is 1. The van der Waals surface area contributed by atoms with Crippen molar-refractivity contribution in [3.05, 3.63) is 64.8 Å². The van der Waals surface area contributed by atoms with E-state index in [0.29, 0.717) is 5.69 Å². The van der Waals surface area contributed by atoms with Crippen LogP contribution in [-0.4, -0.2) is 26.7 Å². The fraction of sp³-hybridized carbons (Fsp3) is 0.174. The Morgan fingerprint density at radius 1 is 1.10 bits per heavy atom. The van der Waals surface area contributed by atoms with Crippen molar-refractivity contribution in [2.75, 3.05) is 11.1 Å². The Hall–Kier alpha value is -2.90. The molecule has 0 aliphatic carbocycles. The van der Waals surface area contributed by atoms with Crippen molar-refractivity contribution < 1.29 is 9.90 Å². The molecule has 0 radical (unpaired) electrons. The zero-order valence-corrected chi connectivity index (χ0v) is 18.5. The van der Waals surface area contributed by atoms with E-state index in [-0.39, 0.29) is 17.4 Å². The summed E-state index contributed by atoms with van der Waals surface area (Å²) in [6.07, 6.45) is 1.54. The Labute approximate surface area is 183 Å². The molecule has 0 fully saturated rings. The molecule has 0 aliphatic heterocycles. The predicted molar refractivity (Wildman–Crippen MR) is 125 cm³/mol. The van der Waals surface area contributed by atoms with Gasteiger partial charge in [-0.2, -0.15) is 0 Å². The van der Waals surface area contributed by atoms with Crippen LogP contribution in [0, 0.1) is 20.8 Å². The molecule has 0 bridgehead atoms. The van der Waals surface area contributed by atoms with E-state index in [2.05, 4.69) is 52.7 Å². The van der Waals surface area contributed by atoms with Gasteiger partial charge in [-0.1, -0.05) is 36.0 Å². The number of nitrogens with one attached hydrogen (secondary N) is 1. The van der Waals surface area contributed by atoms with Crippen molar-refractivity contribution in [3.8, 4) is 16.9 Å². The number of thioether (sulfide) groups is 1. The van der Waals surface area contributed by atoms with Gasteiger partial charge in [0.25, 0.3) is 0 Å². The second-order valence-electron chi connectivity index (χ2n) is 7.16. The fourth-order valence-electron chi connectivity index (χ4n) is 3.15. The largest absolute Gasteiger partial charge is 0.506 e. The summed E-state index contributed by atoms with van der Waals surface area (Å²) in [6, 6.07) is 11.5. The lowest BCUT2D eigenvalue weighted by atomic mass is 10.0. The lowest BCUT2D eigenvalue weighted by Gasteiger charge is -2.09. The van der Waals surface area contributed by atoms with Gasteiger partial charge in [-0.05, 0) is 55.2 Å². The van der Waals surface area contributed by atoms with Gasteiger partial charge in [0.05, 0.1) is 16.8 Å². The number of aromatic nitrogens is 2. The molecule has 0 saturated heterocycles. The SMILES string of the molecule is Cc1ccc(O)c(NC(=O)CSc2ncnc3scc(-c4ccc(C)c(C)c4)c23)c1. The molecule has 152 valence electrons. The zero-order valence-electron chi connectivity index (χ0n) is 16.9. The molecule has 0 atom stereocenters. The molecule has 0 saturated carbocycles. The number of nitrogens with zero attached hydrogens (tertiary/aromatic N) is 2. The molecule has 4 aromatic rings. The molecule has 1 amide bonds. The minimum Gasteiger partial charge on any atom is -0.506 e. The molecule has 5 nitrogen and oxygen atoms in total. The van der Waals surface area contributed by atoms with E-state index >= 15 is 0 Å². The van der Waals surface area contributed by atoms with Gasteiger partial charge in [-0.3, -0.25) is 4.79 Å². The number of phenols is 1. The van der Waals surface area contributed by atoms with Gasteiger partial charge in [0.1, 0.15) is 21.9 Å². The van der Waals surface area contributed by atoms with Gasteiger partial charge in [-0.25, -0.2) is 9.97 Å². The van der Waals surface area contributed by atoms with E-state index in [1.807, 2.05) is 6.92 Å². The summed E-state index contributed by atoms with van der Waals surface area (Å²) in [5, 5.41) is 16.6. The molecule has 30 heavy (non-hydrogen) atoms. The highest BCUT2D eigenvalue weighted by atomic mass is 32.2. The van der Waals surface area contributed by atoms with Gasteiger partial charge in [-0.15, -0.1) is 11.3 Å². The summed E-state index contributed by atoms with van der Waals surface area (Å²) >= 11 is 2.95. The van der Waals surface area contributed by atoms with E-state index < -0.39 is 0 Å². The fourth-order valence-corrected chi connectivity index (χ4v) is 4.94. The Bertz CT molecular complexity index is 1250. The average Bonchev–Trinajstić information content (AvgIpc) is 3.16. The summed E-state index contributed by atoms with van der Waals surface area (Å²) in [6.45, 7) is 6.11. The van der Waals surface area contributed by atoms with Gasteiger partial charge in [0, 0.05) is 10.9 Å². The lowest BCUT2D eigenvalue weighted by molar-refractivity contribution is -0.113. The number of amides is 1. The number of hydrogen-bond acceptors (Lipinski definition) is 6. The first kappa shape index (κ1) is 20.4. The molecule has 0 unspecified atom stereocenters. The third-order valence-corrected chi connectivity index (χ3v) is 6.80.